The normalized spacial score (nSPS) is 31.3. The molecule has 2 rings (SSSR count). The molecule has 2 saturated carbocycles. The average molecular weight is 269 g/mol. The predicted molar refractivity (Wildman–Crippen MR) is 78.4 cm³/mol. The van der Waals surface area contributed by atoms with Crippen LogP contribution < -0.4 is 5.32 Å². The van der Waals surface area contributed by atoms with E-state index in [1.807, 2.05) is 7.11 Å². The van der Waals surface area contributed by atoms with Gasteiger partial charge in [0.05, 0.1) is 18.8 Å². The van der Waals surface area contributed by atoms with Gasteiger partial charge in [0, 0.05) is 13.2 Å². The third kappa shape index (κ3) is 4.73. The Morgan fingerprint density at radius 2 is 1.74 bits per heavy atom. The summed E-state index contributed by atoms with van der Waals surface area (Å²) < 4.78 is 11.7. The number of hydrogen-bond acceptors (Lipinski definition) is 3. The Morgan fingerprint density at radius 1 is 1.00 bits per heavy atom. The van der Waals surface area contributed by atoms with Crippen molar-refractivity contribution in [1.82, 2.24) is 5.32 Å². The average Bonchev–Trinajstić information content (AvgIpc) is 2.49. The van der Waals surface area contributed by atoms with Crippen LogP contribution in [0.3, 0.4) is 0 Å². The molecule has 3 heteroatoms. The van der Waals surface area contributed by atoms with Crippen LogP contribution in [0.25, 0.3) is 0 Å². The topological polar surface area (TPSA) is 30.5 Å². The smallest absolute Gasteiger partial charge is 0.0626 e. The van der Waals surface area contributed by atoms with E-state index in [0.717, 1.165) is 18.9 Å². The number of ether oxygens (including phenoxy) is 2. The first-order valence-electron chi connectivity index (χ1n) is 8.15. The van der Waals surface area contributed by atoms with E-state index in [-0.39, 0.29) is 0 Å². The molecule has 0 aromatic heterocycles. The van der Waals surface area contributed by atoms with E-state index < -0.39 is 0 Å². The van der Waals surface area contributed by atoms with Crippen LogP contribution >= 0.6 is 0 Å². The molecule has 0 spiro atoms. The molecule has 0 bridgehead atoms. The maximum absolute atomic E-state index is 6.18. The molecule has 1 N–H and O–H groups in total. The van der Waals surface area contributed by atoms with Crippen molar-refractivity contribution < 1.29 is 9.47 Å². The summed E-state index contributed by atoms with van der Waals surface area (Å²) >= 11 is 0. The highest BCUT2D eigenvalue weighted by molar-refractivity contribution is 4.80. The summed E-state index contributed by atoms with van der Waals surface area (Å²) in [6.45, 7) is 0.877. The first-order chi connectivity index (χ1) is 9.33. The monoisotopic (exact) mass is 269 g/mol. The summed E-state index contributed by atoms with van der Waals surface area (Å²) in [6, 6.07) is 0.545. The van der Waals surface area contributed by atoms with Crippen molar-refractivity contribution in [1.29, 1.82) is 0 Å². The highest BCUT2D eigenvalue weighted by Gasteiger charge is 2.26. The summed E-state index contributed by atoms with van der Waals surface area (Å²) in [7, 11) is 3.91. The van der Waals surface area contributed by atoms with Gasteiger partial charge in [-0.15, -0.1) is 0 Å². The largest absolute Gasteiger partial charge is 0.381 e. The van der Waals surface area contributed by atoms with E-state index >= 15 is 0 Å². The maximum Gasteiger partial charge on any atom is 0.0626 e. The van der Waals surface area contributed by atoms with Crippen molar-refractivity contribution in [3.63, 3.8) is 0 Å². The molecule has 3 nitrogen and oxygen atoms in total. The Kier molecular flexibility index (Phi) is 6.62. The minimum Gasteiger partial charge on any atom is -0.381 e. The highest BCUT2D eigenvalue weighted by Crippen LogP contribution is 2.28. The molecule has 3 unspecified atom stereocenters. The Bertz CT molecular complexity index is 241. The zero-order valence-electron chi connectivity index (χ0n) is 12.7. The third-order valence-electron chi connectivity index (χ3n) is 5.01. The Hall–Kier alpha value is -0.120. The SMILES string of the molecule is CNC(COC1CCCC(OC)C1)C1CCCCC1. The second-order valence-corrected chi connectivity index (χ2v) is 6.27. The lowest BCUT2D eigenvalue weighted by Gasteiger charge is -2.33. The van der Waals surface area contributed by atoms with Crippen LogP contribution in [-0.2, 0) is 9.47 Å². The number of methoxy groups -OCH3 is 1. The number of likely N-dealkylation sites (N-methyl/N-ethyl adjacent to an activating group) is 1. The lowest BCUT2D eigenvalue weighted by molar-refractivity contribution is -0.0404. The van der Waals surface area contributed by atoms with Crippen LogP contribution in [0.15, 0.2) is 0 Å². The molecule has 2 aliphatic rings. The van der Waals surface area contributed by atoms with Gasteiger partial charge in [0.2, 0.25) is 0 Å². The van der Waals surface area contributed by atoms with Gasteiger partial charge in [-0.05, 0) is 51.5 Å². The van der Waals surface area contributed by atoms with Crippen LogP contribution in [0.1, 0.15) is 57.8 Å². The lowest BCUT2D eigenvalue weighted by atomic mass is 9.84. The minimum absolute atomic E-state index is 0.415. The number of hydrogen-bond donors (Lipinski definition) is 1. The van der Waals surface area contributed by atoms with Crippen LogP contribution in [0.4, 0.5) is 0 Å². The maximum atomic E-state index is 6.18. The van der Waals surface area contributed by atoms with Crippen LogP contribution in [-0.4, -0.2) is 39.0 Å². The van der Waals surface area contributed by atoms with Gasteiger partial charge in [0.15, 0.2) is 0 Å². The Morgan fingerprint density at radius 3 is 2.42 bits per heavy atom. The zero-order chi connectivity index (χ0) is 13.5. The van der Waals surface area contributed by atoms with Crippen molar-refractivity contribution in [2.24, 2.45) is 5.92 Å². The standard InChI is InChI=1S/C16H31NO2/c1-17-16(13-7-4-3-5-8-13)12-19-15-10-6-9-14(11-15)18-2/h13-17H,3-12H2,1-2H3. The molecule has 2 fully saturated rings. The molecule has 0 aliphatic heterocycles. The Balaban J connectivity index is 1.72. The molecule has 112 valence electrons. The van der Waals surface area contributed by atoms with Gasteiger partial charge in [-0.1, -0.05) is 19.3 Å². The predicted octanol–water partition coefficient (Wildman–Crippen LogP) is 3.13. The first kappa shape index (κ1) is 15.3. The molecule has 2 aliphatic carbocycles. The van der Waals surface area contributed by atoms with E-state index in [9.17, 15) is 0 Å². The summed E-state index contributed by atoms with van der Waals surface area (Å²) in [5, 5.41) is 3.48. The number of nitrogens with one attached hydrogen (secondary N) is 1. The van der Waals surface area contributed by atoms with Crippen molar-refractivity contribution in [2.75, 3.05) is 20.8 Å². The lowest BCUT2D eigenvalue weighted by Crippen LogP contribution is -2.40. The minimum atomic E-state index is 0.415. The fraction of sp³-hybridized carbons (Fsp3) is 1.00. The zero-order valence-corrected chi connectivity index (χ0v) is 12.7. The Labute approximate surface area is 118 Å². The molecule has 0 heterocycles. The van der Waals surface area contributed by atoms with Crippen LogP contribution in [0.5, 0.6) is 0 Å². The van der Waals surface area contributed by atoms with Crippen molar-refractivity contribution in [3.8, 4) is 0 Å². The van der Waals surface area contributed by atoms with Gasteiger partial charge in [-0.2, -0.15) is 0 Å². The molecule has 0 radical (unpaired) electrons. The summed E-state index contributed by atoms with van der Waals surface area (Å²) in [4.78, 5) is 0. The van der Waals surface area contributed by atoms with Gasteiger partial charge in [0.25, 0.3) is 0 Å². The fourth-order valence-electron chi connectivity index (χ4n) is 3.70. The van der Waals surface area contributed by atoms with Gasteiger partial charge in [-0.3, -0.25) is 0 Å². The quantitative estimate of drug-likeness (QED) is 0.803. The first-order valence-corrected chi connectivity index (χ1v) is 8.15. The molecule has 0 amide bonds. The van der Waals surface area contributed by atoms with Crippen molar-refractivity contribution in [3.05, 3.63) is 0 Å². The third-order valence-corrected chi connectivity index (χ3v) is 5.01. The van der Waals surface area contributed by atoms with Crippen LogP contribution in [0.2, 0.25) is 0 Å². The van der Waals surface area contributed by atoms with E-state index in [0.29, 0.717) is 18.2 Å². The molecule has 0 aromatic carbocycles. The molecular weight excluding hydrogens is 238 g/mol. The van der Waals surface area contributed by atoms with Gasteiger partial charge < -0.3 is 14.8 Å². The second kappa shape index (κ2) is 8.23. The van der Waals surface area contributed by atoms with Gasteiger partial charge in [0.1, 0.15) is 0 Å². The molecular formula is C16H31NO2. The summed E-state index contributed by atoms with van der Waals surface area (Å²) in [6.07, 6.45) is 12.5. The van der Waals surface area contributed by atoms with Crippen LogP contribution in [0, 0.1) is 5.92 Å². The van der Waals surface area contributed by atoms with E-state index in [1.54, 1.807) is 0 Å². The summed E-state index contributed by atoms with van der Waals surface area (Å²) in [5.41, 5.74) is 0. The van der Waals surface area contributed by atoms with Crippen molar-refractivity contribution >= 4 is 0 Å². The summed E-state index contributed by atoms with van der Waals surface area (Å²) in [5.74, 6) is 0.820. The highest BCUT2D eigenvalue weighted by atomic mass is 16.5. The van der Waals surface area contributed by atoms with Gasteiger partial charge in [-0.25, -0.2) is 0 Å². The molecule has 0 saturated heterocycles. The van der Waals surface area contributed by atoms with Gasteiger partial charge >= 0.3 is 0 Å². The van der Waals surface area contributed by atoms with E-state index in [2.05, 4.69) is 12.4 Å². The van der Waals surface area contributed by atoms with E-state index in [1.165, 1.54) is 51.4 Å². The van der Waals surface area contributed by atoms with E-state index in [4.69, 9.17) is 9.47 Å². The molecule has 3 atom stereocenters. The molecule has 19 heavy (non-hydrogen) atoms. The molecule has 0 aromatic rings. The second-order valence-electron chi connectivity index (χ2n) is 6.27. The fourth-order valence-corrected chi connectivity index (χ4v) is 3.70. The van der Waals surface area contributed by atoms with Crippen molar-refractivity contribution in [2.45, 2.75) is 76.0 Å². The number of rotatable bonds is 6.